The van der Waals surface area contributed by atoms with E-state index in [4.69, 9.17) is 0 Å². The second-order valence-corrected chi connectivity index (χ2v) is 4.23. The number of anilines is 1. The van der Waals surface area contributed by atoms with E-state index < -0.39 is 0 Å². The summed E-state index contributed by atoms with van der Waals surface area (Å²) in [5.41, 5.74) is 1.40. The Morgan fingerprint density at radius 2 is 1.69 bits per heavy atom. The van der Waals surface area contributed by atoms with Crippen LogP contribution in [0.25, 0.3) is 0 Å². The van der Waals surface area contributed by atoms with Crippen molar-refractivity contribution in [3.63, 3.8) is 0 Å². The Bertz CT molecular complexity index is 279. The summed E-state index contributed by atoms with van der Waals surface area (Å²) in [7, 11) is 2.82. The van der Waals surface area contributed by atoms with Gasteiger partial charge >= 0.3 is 0 Å². The maximum Gasteiger partial charge on any atom is 0.0438 e. The third-order valence-electron chi connectivity index (χ3n) is 2.63. The average Bonchev–Trinajstić information content (AvgIpc) is 2.20. The molecule has 1 aliphatic heterocycles. The van der Waals surface area contributed by atoms with Gasteiger partial charge in [-0.05, 0) is 30.6 Å². The van der Waals surface area contributed by atoms with Crippen molar-refractivity contribution >= 4 is 20.2 Å². The minimum absolute atomic E-state index is 1.23. The number of benzene rings is 1. The molecule has 0 saturated carbocycles. The molecular formula is C11H16NP. The standard InChI is InChI=1S/C11H16NP/c13-11-7-3-2-6-10(11)12-8-4-1-5-9-12/h2-3,6-7H,1,4-5,8-9,13H2. The molecule has 0 aliphatic carbocycles. The molecule has 1 atom stereocenters. The fourth-order valence-corrected chi connectivity index (χ4v) is 2.30. The van der Waals surface area contributed by atoms with Crippen molar-refractivity contribution in [1.29, 1.82) is 0 Å². The van der Waals surface area contributed by atoms with Crippen molar-refractivity contribution in [2.24, 2.45) is 0 Å². The number of para-hydroxylation sites is 1. The summed E-state index contributed by atoms with van der Waals surface area (Å²) >= 11 is 0. The molecule has 1 fully saturated rings. The van der Waals surface area contributed by atoms with Crippen LogP contribution in [0.15, 0.2) is 24.3 Å². The van der Waals surface area contributed by atoms with Crippen LogP contribution >= 0.6 is 9.24 Å². The lowest BCUT2D eigenvalue weighted by Crippen LogP contribution is -2.31. The number of nitrogens with zero attached hydrogens (tertiary/aromatic N) is 1. The van der Waals surface area contributed by atoms with Gasteiger partial charge in [0.1, 0.15) is 0 Å². The average molecular weight is 193 g/mol. The molecule has 2 rings (SSSR count). The highest BCUT2D eigenvalue weighted by molar-refractivity contribution is 7.28. The molecule has 1 aliphatic rings. The summed E-state index contributed by atoms with van der Waals surface area (Å²) in [5.74, 6) is 0. The van der Waals surface area contributed by atoms with Crippen LogP contribution < -0.4 is 10.2 Å². The van der Waals surface area contributed by atoms with E-state index in [1.165, 1.54) is 43.3 Å². The van der Waals surface area contributed by atoms with Gasteiger partial charge in [-0.25, -0.2) is 0 Å². The summed E-state index contributed by atoms with van der Waals surface area (Å²) in [6.07, 6.45) is 4.09. The molecule has 1 heterocycles. The first kappa shape index (κ1) is 9.02. The summed E-state index contributed by atoms with van der Waals surface area (Å²) in [6.45, 7) is 2.46. The van der Waals surface area contributed by atoms with Crippen LogP contribution in [0.2, 0.25) is 0 Å². The Labute approximate surface area is 82.3 Å². The van der Waals surface area contributed by atoms with E-state index in [1.807, 2.05) is 0 Å². The predicted molar refractivity (Wildman–Crippen MR) is 61.9 cm³/mol. The van der Waals surface area contributed by atoms with Gasteiger partial charge < -0.3 is 4.90 Å². The first-order valence-electron chi connectivity index (χ1n) is 4.97. The first-order chi connectivity index (χ1) is 6.38. The summed E-state index contributed by atoms with van der Waals surface area (Å²) in [5, 5.41) is 1.32. The Hall–Kier alpha value is -0.550. The normalized spacial score (nSPS) is 17.5. The molecule has 1 saturated heterocycles. The van der Waals surface area contributed by atoms with E-state index in [9.17, 15) is 0 Å². The highest BCUT2D eigenvalue weighted by Gasteiger charge is 2.11. The second-order valence-electron chi connectivity index (χ2n) is 3.61. The molecule has 1 nitrogen and oxygen atoms in total. The molecule has 0 N–H and O–H groups in total. The van der Waals surface area contributed by atoms with Crippen LogP contribution in [0.3, 0.4) is 0 Å². The van der Waals surface area contributed by atoms with Gasteiger partial charge in [0.05, 0.1) is 0 Å². The third kappa shape index (κ3) is 2.03. The van der Waals surface area contributed by atoms with E-state index in [-0.39, 0.29) is 0 Å². The van der Waals surface area contributed by atoms with Gasteiger partial charge in [-0.3, -0.25) is 0 Å². The molecule has 70 valence electrons. The molecule has 0 spiro atoms. The Morgan fingerprint density at radius 1 is 1.00 bits per heavy atom. The Kier molecular flexibility index (Phi) is 2.85. The van der Waals surface area contributed by atoms with Crippen molar-refractivity contribution < 1.29 is 0 Å². The van der Waals surface area contributed by atoms with Crippen LogP contribution in [0.5, 0.6) is 0 Å². The molecule has 0 aromatic heterocycles. The lowest BCUT2D eigenvalue weighted by Gasteiger charge is -2.29. The Morgan fingerprint density at radius 3 is 2.38 bits per heavy atom. The summed E-state index contributed by atoms with van der Waals surface area (Å²) in [4.78, 5) is 2.49. The van der Waals surface area contributed by atoms with Crippen molar-refractivity contribution in [3.8, 4) is 0 Å². The highest BCUT2D eigenvalue weighted by Crippen LogP contribution is 2.18. The molecule has 2 heteroatoms. The lowest BCUT2D eigenvalue weighted by atomic mass is 10.1. The van der Waals surface area contributed by atoms with Crippen LogP contribution in [0.4, 0.5) is 5.69 Å². The van der Waals surface area contributed by atoms with E-state index >= 15 is 0 Å². The first-order valence-corrected chi connectivity index (χ1v) is 5.55. The van der Waals surface area contributed by atoms with Gasteiger partial charge in [-0.15, -0.1) is 9.24 Å². The van der Waals surface area contributed by atoms with Crippen LogP contribution in [-0.2, 0) is 0 Å². The van der Waals surface area contributed by atoms with Gasteiger partial charge in [-0.2, -0.15) is 0 Å². The van der Waals surface area contributed by atoms with Crippen LogP contribution in [0, 0.1) is 0 Å². The quantitative estimate of drug-likeness (QED) is 0.618. The minimum atomic E-state index is 1.23. The van der Waals surface area contributed by atoms with Crippen LogP contribution in [0.1, 0.15) is 19.3 Å². The summed E-state index contributed by atoms with van der Waals surface area (Å²) < 4.78 is 0. The van der Waals surface area contributed by atoms with Gasteiger partial charge in [-0.1, -0.05) is 18.2 Å². The van der Waals surface area contributed by atoms with E-state index in [0.717, 1.165) is 0 Å². The van der Waals surface area contributed by atoms with Crippen molar-refractivity contribution in [1.82, 2.24) is 0 Å². The molecule has 1 aromatic rings. The number of piperidine rings is 1. The van der Waals surface area contributed by atoms with Crippen molar-refractivity contribution in [2.75, 3.05) is 18.0 Å². The highest BCUT2D eigenvalue weighted by atomic mass is 31.0. The van der Waals surface area contributed by atoms with Gasteiger partial charge in [0.2, 0.25) is 0 Å². The second kappa shape index (κ2) is 4.11. The maximum absolute atomic E-state index is 2.82. The zero-order valence-corrected chi connectivity index (χ0v) is 9.02. The predicted octanol–water partition coefficient (Wildman–Crippen LogP) is 2.18. The topological polar surface area (TPSA) is 3.24 Å². The zero-order valence-electron chi connectivity index (χ0n) is 7.87. The fraction of sp³-hybridized carbons (Fsp3) is 0.455. The number of hydrogen-bond donors (Lipinski definition) is 0. The largest absolute Gasteiger partial charge is 0.371 e. The van der Waals surface area contributed by atoms with Crippen molar-refractivity contribution in [3.05, 3.63) is 24.3 Å². The molecule has 0 radical (unpaired) electrons. The molecule has 1 aromatic carbocycles. The lowest BCUT2D eigenvalue weighted by molar-refractivity contribution is 0.579. The third-order valence-corrected chi connectivity index (χ3v) is 3.12. The van der Waals surface area contributed by atoms with Gasteiger partial charge in [0.25, 0.3) is 0 Å². The van der Waals surface area contributed by atoms with E-state index in [2.05, 4.69) is 38.4 Å². The zero-order chi connectivity index (χ0) is 9.10. The van der Waals surface area contributed by atoms with E-state index in [0.29, 0.717) is 0 Å². The number of hydrogen-bond acceptors (Lipinski definition) is 1. The monoisotopic (exact) mass is 193 g/mol. The fourth-order valence-electron chi connectivity index (χ4n) is 1.91. The smallest absolute Gasteiger partial charge is 0.0438 e. The Balaban J connectivity index is 2.18. The maximum atomic E-state index is 2.82. The number of rotatable bonds is 1. The molecule has 13 heavy (non-hydrogen) atoms. The minimum Gasteiger partial charge on any atom is -0.371 e. The van der Waals surface area contributed by atoms with Gasteiger partial charge in [0.15, 0.2) is 0 Å². The SMILES string of the molecule is Pc1ccccc1N1CCCCC1. The van der Waals surface area contributed by atoms with Crippen molar-refractivity contribution in [2.45, 2.75) is 19.3 Å². The molecule has 1 unspecified atom stereocenters. The molecular weight excluding hydrogens is 177 g/mol. The van der Waals surface area contributed by atoms with E-state index in [1.54, 1.807) is 0 Å². The molecule has 0 bridgehead atoms. The summed E-state index contributed by atoms with van der Waals surface area (Å²) in [6, 6.07) is 8.59. The van der Waals surface area contributed by atoms with Crippen LogP contribution in [-0.4, -0.2) is 13.1 Å². The molecule has 0 amide bonds. The van der Waals surface area contributed by atoms with Gasteiger partial charge in [0, 0.05) is 18.8 Å².